The van der Waals surface area contributed by atoms with Crippen molar-refractivity contribution >= 4 is 11.9 Å². The van der Waals surface area contributed by atoms with E-state index in [1.807, 2.05) is 0 Å². The maximum atomic E-state index is 11.7. The first-order valence-electron chi connectivity index (χ1n) is 4.55. The molecule has 1 aromatic rings. The monoisotopic (exact) mass is 224 g/mol. The van der Waals surface area contributed by atoms with Crippen LogP contribution in [0, 0.1) is 0 Å². The van der Waals surface area contributed by atoms with Crippen LogP contribution in [0.3, 0.4) is 0 Å². The number of hydrogen-bond donors (Lipinski definition) is 1. The van der Waals surface area contributed by atoms with E-state index in [1.54, 1.807) is 0 Å². The van der Waals surface area contributed by atoms with E-state index in [4.69, 9.17) is 0 Å². The van der Waals surface area contributed by atoms with Crippen molar-refractivity contribution in [1.82, 2.24) is 9.88 Å². The summed E-state index contributed by atoms with van der Waals surface area (Å²) in [4.78, 5) is 37.0. The van der Waals surface area contributed by atoms with Gasteiger partial charge in [-0.25, -0.2) is 0 Å². The molecular weight excluding hydrogens is 212 g/mol. The Morgan fingerprint density at radius 1 is 1.44 bits per heavy atom. The van der Waals surface area contributed by atoms with Gasteiger partial charge in [0.05, 0.1) is 12.7 Å². The molecule has 0 saturated heterocycles. The summed E-state index contributed by atoms with van der Waals surface area (Å²) in [7, 11) is 2.73. The molecule has 0 aliphatic heterocycles. The van der Waals surface area contributed by atoms with Crippen molar-refractivity contribution in [3.63, 3.8) is 0 Å². The third kappa shape index (κ3) is 2.94. The first-order valence-corrected chi connectivity index (χ1v) is 4.55. The molecule has 1 N–H and O–H groups in total. The summed E-state index contributed by atoms with van der Waals surface area (Å²) in [6.45, 7) is -0.130. The van der Waals surface area contributed by atoms with E-state index >= 15 is 0 Å². The Labute approximate surface area is 91.8 Å². The Morgan fingerprint density at radius 3 is 2.62 bits per heavy atom. The second-order valence-electron chi connectivity index (χ2n) is 3.18. The number of H-pyrrole nitrogens is 1. The summed E-state index contributed by atoms with van der Waals surface area (Å²) in [5.74, 6) is -0.859. The van der Waals surface area contributed by atoms with Crippen LogP contribution < -0.4 is 5.56 Å². The van der Waals surface area contributed by atoms with Crippen molar-refractivity contribution in [2.75, 3.05) is 20.7 Å². The highest BCUT2D eigenvalue weighted by Gasteiger charge is 2.14. The fourth-order valence-electron chi connectivity index (χ4n) is 1.09. The summed E-state index contributed by atoms with van der Waals surface area (Å²) >= 11 is 0. The molecule has 0 spiro atoms. The zero-order chi connectivity index (χ0) is 12.1. The molecule has 0 aliphatic carbocycles. The number of ether oxygens (including phenoxy) is 1. The van der Waals surface area contributed by atoms with Crippen molar-refractivity contribution in [2.24, 2.45) is 0 Å². The van der Waals surface area contributed by atoms with E-state index in [9.17, 15) is 14.4 Å². The third-order valence-electron chi connectivity index (χ3n) is 1.97. The van der Waals surface area contributed by atoms with Crippen molar-refractivity contribution in [1.29, 1.82) is 0 Å². The Morgan fingerprint density at radius 2 is 2.12 bits per heavy atom. The fraction of sp³-hybridized carbons (Fsp3) is 0.300. The molecule has 1 heterocycles. The lowest BCUT2D eigenvalue weighted by molar-refractivity contribution is -0.141. The number of carbonyl (C=O) groups is 2. The van der Waals surface area contributed by atoms with Gasteiger partial charge in [0.15, 0.2) is 0 Å². The van der Waals surface area contributed by atoms with Gasteiger partial charge in [-0.3, -0.25) is 14.4 Å². The SMILES string of the molecule is COC(=O)CN(C)C(=O)c1ccc(=O)[nH]c1. The number of methoxy groups -OCH3 is 1. The van der Waals surface area contributed by atoms with Gasteiger partial charge in [-0.15, -0.1) is 0 Å². The summed E-state index contributed by atoms with van der Waals surface area (Å²) < 4.78 is 4.44. The highest BCUT2D eigenvalue weighted by atomic mass is 16.5. The number of nitrogens with zero attached hydrogens (tertiary/aromatic N) is 1. The van der Waals surface area contributed by atoms with Gasteiger partial charge in [0.2, 0.25) is 5.56 Å². The summed E-state index contributed by atoms with van der Waals surface area (Å²) in [6, 6.07) is 2.65. The maximum Gasteiger partial charge on any atom is 0.325 e. The molecule has 0 fully saturated rings. The van der Waals surface area contributed by atoms with Gasteiger partial charge < -0.3 is 14.6 Å². The normalized spacial score (nSPS) is 9.62. The number of amides is 1. The molecule has 6 heteroatoms. The molecule has 1 rings (SSSR count). The van der Waals surface area contributed by atoms with E-state index < -0.39 is 5.97 Å². The second-order valence-corrected chi connectivity index (χ2v) is 3.18. The van der Waals surface area contributed by atoms with Crippen LogP contribution in [0.4, 0.5) is 0 Å². The van der Waals surface area contributed by atoms with Gasteiger partial charge in [-0.05, 0) is 6.07 Å². The van der Waals surface area contributed by atoms with Gasteiger partial charge >= 0.3 is 5.97 Å². The van der Waals surface area contributed by atoms with Crippen LogP contribution >= 0.6 is 0 Å². The van der Waals surface area contributed by atoms with Crippen molar-refractivity contribution in [2.45, 2.75) is 0 Å². The predicted molar refractivity (Wildman–Crippen MR) is 56.0 cm³/mol. The lowest BCUT2D eigenvalue weighted by atomic mass is 10.2. The average Bonchev–Trinajstić information content (AvgIpc) is 2.28. The van der Waals surface area contributed by atoms with Crippen molar-refractivity contribution in [3.05, 3.63) is 34.2 Å². The van der Waals surface area contributed by atoms with E-state index in [0.29, 0.717) is 5.56 Å². The predicted octanol–water partition coefficient (Wildman–Crippen LogP) is -0.380. The molecule has 1 aromatic heterocycles. The standard InChI is InChI=1S/C10H12N2O4/c1-12(6-9(14)16-2)10(15)7-3-4-8(13)11-5-7/h3-5H,6H2,1-2H3,(H,11,13). The van der Waals surface area contributed by atoms with Crippen molar-refractivity contribution in [3.8, 4) is 0 Å². The lowest BCUT2D eigenvalue weighted by Gasteiger charge is -2.15. The Kier molecular flexibility index (Phi) is 3.82. The minimum absolute atomic E-state index is 0.130. The van der Waals surface area contributed by atoms with Crippen LogP contribution in [0.5, 0.6) is 0 Å². The van der Waals surface area contributed by atoms with Crippen LogP contribution in [0.1, 0.15) is 10.4 Å². The average molecular weight is 224 g/mol. The molecule has 16 heavy (non-hydrogen) atoms. The van der Waals surface area contributed by atoms with E-state index in [-0.39, 0.29) is 18.0 Å². The van der Waals surface area contributed by atoms with Crippen LogP contribution in [0.2, 0.25) is 0 Å². The van der Waals surface area contributed by atoms with Crippen LogP contribution in [0.15, 0.2) is 23.1 Å². The molecular formula is C10H12N2O4. The number of aromatic nitrogens is 1. The smallest absolute Gasteiger partial charge is 0.325 e. The molecule has 1 amide bonds. The highest BCUT2D eigenvalue weighted by molar-refractivity contribution is 5.95. The zero-order valence-corrected chi connectivity index (χ0v) is 9.02. The number of hydrogen-bond acceptors (Lipinski definition) is 4. The summed E-state index contributed by atoms with van der Waals surface area (Å²) in [6.07, 6.45) is 1.30. The minimum atomic E-state index is -0.500. The van der Waals surface area contributed by atoms with Gasteiger partial charge in [-0.1, -0.05) is 0 Å². The highest BCUT2D eigenvalue weighted by Crippen LogP contribution is 1.99. The lowest BCUT2D eigenvalue weighted by Crippen LogP contribution is -2.32. The van der Waals surface area contributed by atoms with Gasteiger partial charge in [0.25, 0.3) is 5.91 Å². The molecule has 0 saturated carbocycles. The molecule has 0 bridgehead atoms. The van der Waals surface area contributed by atoms with Crippen LogP contribution in [-0.4, -0.2) is 42.5 Å². The number of nitrogens with one attached hydrogen (secondary N) is 1. The quantitative estimate of drug-likeness (QED) is 0.710. The number of carbonyl (C=O) groups excluding carboxylic acids is 2. The molecule has 0 unspecified atom stereocenters. The molecule has 6 nitrogen and oxygen atoms in total. The first kappa shape index (κ1) is 12.0. The van der Waals surface area contributed by atoms with Crippen molar-refractivity contribution < 1.29 is 14.3 Å². The fourth-order valence-corrected chi connectivity index (χ4v) is 1.09. The number of likely N-dealkylation sites (N-methyl/N-ethyl adjacent to an activating group) is 1. The summed E-state index contributed by atoms with van der Waals surface area (Å²) in [5, 5.41) is 0. The van der Waals surface area contributed by atoms with E-state index in [0.717, 1.165) is 0 Å². The number of esters is 1. The molecule has 0 radical (unpaired) electrons. The van der Waals surface area contributed by atoms with Gasteiger partial charge in [0, 0.05) is 19.3 Å². The first-order chi connectivity index (χ1) is 7.54. The van der Waals surface area contributed by atoms with Crippen LogP contribution in [0.25, 0.3) is 0 Å². The number of rotatable bonds is 3. The largest absolute Gasteiger partial charge is 0.468 e. The van der Waals surface area contributed by atoms with E-state index in [1.165, 1.54) is 37.4 Å². The van der Waals surface area contributed by atoms with E-state index in [2.05, 4.69) is 9.72 Å². The third-order valence-corrected chi connectivity index (χ3v) is 1.97. The molecule has 0 aromatic carbocycles. The number of aromatic amines is 1. The second kappa shape index (κ2) is 5.11. The Bertz CT molecular complexity index is 432. The summed E-state index contributed by atoms with van der Waals surface area (Å²) in [5.41, 5.74) is 0.0261. The van der Waals surface area contributed by atoms with Gasteiger partial charge in [-0.2, -0.15) is 0 Å². The van der Waals surface area contributed by atoms with Crippen LogP contribution in [-0.2, 0) is 9.53 Å². The molecule has 0 atom stereocenters. The van der Waals surface area contributed by atoms with Gasteiger partial charge in [0.1, 0.15) is 6.54 Å². The Hall–Kier alpha value is -2.11. The minimum Gasteiger partial charge on any atom is -0.468 e. The Balaban J connectivity index is 2.74. The molecule has 0 aliphatic rings. The number of pyridine rings is 1. The maximum absolute atomic E-state index is 11.7. The topological polar surface area (TPSA) is 79.5 Å². The zero-order valence-electron chi connectivity index (χ0n) is 9.02. The molecule has 86 valence electrons.